The van der Waals surface area contributed by atoms with Crippen LogP contribution in [-0.2, 0) is 21.4 Å². The average Bonchev–Trinajstić information content (AvgIpc) is 3.60. The van der Waals surface area contributed by atoms with Crippen LogP contribution in [0.2, 0.25) is 0 Å². The third-order valence-corrected chi connectivity index (χ3v) is 10.4. The number of aromatic hydroxyl groups is 1. The Kier molecular flexibility index (Phi) is 8.33. The van der Waals surface area contributed by atoms with Gasteiger partial charge in [-0.05, 0) is 79.6 Å². The zero-order chi connectivity index (χ0) is 33.7. The van der Waals surface area contributed by atoms with Gasteiger partial charge in [-0.2, -0.15) is 0 Å². The number of carbonyl (C=O) groups is 4. The summed E-state index contributed by atoms with van der Waals surface area (Å²) in [6, 6.07) is 11.2. The number of fused-ring (bicyclic) bond motifs is 2. The Morgan fingerprint density at radius 2 is 1.81 bits per heavy atom. The van der Waals surface area contributed by atoms with Crippen molar-refractivity contribution in [3.63, 3.8) is 0 Å². The molecular formula is C33H34FN7O6S. The summed E-state index contributed by atoms with van der Waals surface area (Å²) in [7, 11) is 1.69. The van der Waals surface area contributed by atoms with Crippen molar-refractivity contribution in [1.82, 2.24) is 29.4 Å². The number of anilines is 1. The molecule has 250 valence electrons. The van der Waals surface area contributed by atoms with Crippen LogP contribution in [0.15, 0.2) is 47.3 Å². The molecule has 3 aliphatic heterocycles. The molecule has 48 heavy (non-hydrogen) atoms. The molecule has 0 radical (unpaired) electrons. The zero-order valence-corrected chi connectivity index (χ0v) is 26.9. The van der Waals surface area contributed by atoms with Gasteiger partial charge in [-0.25, -0.2) is 9.18 Å². The molecule has 1 unspecified atom stereocenters. The second-order valence-electron chi connectivity index (χ2n) is 12.4. The van der Waals surface area contributed by atoms with E-state index < -0.39 is 17.8 Å². The first-order valence-corrected chi connectivity index (χ1v) is 16.6. The summed E-state index contributed by atoms with van der Waals surface area (Å²) in [5.41, 5.74) is 2.52. The van der Waals surface area contributed by atoms with E-state index in [0.29, 0.717) is 41.9 Å². The number of likely N-dealkylation sites (tertiary alicyclic amines) is 1. The van der Waals surface area contributed by atoms with E-state index in [2.05, 4.69) is 20.3 Å². The molecule has 0 bridgehead atoms. The first-order valence-electron chi connectivity index (χ1n) is 15.8. The first-order chi connectivity index (χ1) is 23.1. The van der Waals surface area contributed by atoms with Gasteiger partial charge in [0.05, 0.1) is 23.2 Å². The molecule has 4 heterocycles. The highest BCUT2D eigenvalue weighted by molar-refractivity contribution is 7.99. The van der Waals surface area contributed by atoms with E-state index in [-0.39, 0.29) is 53.2 Å². The molecule has 4 amide bonds. The second-order valence-corrected chi connectivity index (χ2v) is 13.3. The number of rotatable bonds is 7. The van der Waals surface area contributed by atoms with Gasteiger partial charge in [0, 0.05) is 37.5 Å². The fourth-order valence-electron chi connectivity index (χ4n) is 6.93. The molecule has 0 aliphatic carbocycles. The zero-order valence-electron chi connectivity index (χ0n) is 26.1. The van der Waals surface area contributed by atoms with Crippen molar-refractivity contribution in [2.24, 2.45) is 7.05 Å². The molecule has 15 heteroatoms. The molecule has 0 spiro atoms. The molecule has 7 rings (SSSR count). The number of halogens is 1. The number of nitrogens with zero attached hydrogens (tertiary/aromatic N) is 4. The number of hydrogen-bond donors (Lipinski definition) is 4. The number of nitrogens with one attached hydrogen (secondary N) is 3. The molecule has 3 aliphatic rings. The maximum atomic E-state index is 15.3. The minimum Gasteiger partial charge on any atom is -0.506 e. The number of phenols is 1. The number of aryl methyl sites for hydroxylation is 1. The Hall–Kier alpha value is -4.89. The number of phenolic OH excluding ortho intramolecular Hbond substituents is 1. The molecule has 1 aromatic heterocycles. The Balaban J connectivity index is 0.947. The van der Waals surface area contributed by atoms with Gasteiger partial charge >= 0.3 is 5.69 Å². The normalized spacial score (nSPS) is 19.2. The molecular weight excluding hydrogens is 641 g/mol. The Bertz CT molecular complexity index is 2050. The topological polar surface area (TPSA) is 158 Å². The van der Waals surface area contributed by atoms with Crippen LogP contribution in [0.3, 0.4) is 0 Å². The van der Waals surface area contributed by atoms with Crippen molar-refractivity contribution in [3.05, 3.63) is 69.9 Å². The highest BCUT2D eigenvalue weighted by Crippen LogP contribution is 2.40. The van der Waals surface area contributed by atoms with Crippen LogP contribution in [0.25, 0.3) is 21.8 Å². The molecule has 4 N–H and O–H groups in total. The van der Waals surface area contributed by atoms with Crippen LogP contribution in [0.1, 0.15) is 53.6 Å². The second kappa shape index (κ2) is 12.6. The molecule has 3 aromatic carbocycles. The maximum absolute atomic E-state index is 15.3. The van der Waals surface area contributed by atoms with Crippen molar-refractivity contribution in [3.8, 4) is 5.75 Å². The predicted octanol–water partition coefficient (Wildman–Crippen LogP) is 2.42. The minimum atomic E-state index is -0.717. The molecule has 3 fully saturated rings. The Labute approximate surface area is 278 Å². The van der Waals surface area contributed by atoms with Crippen LogP contribution in [0.4, 0.5) is 10.1 Å². The lowest BCUT2D eigenvalue weighted by Gasteiger charge is -2.32. The highest BCUT2D eigenvalue weighted by Gasteiger charge is 2.32. The van der Waals surface area contributed by atoms with Crippen LogP contribution in [0.5, 0.6) is 5.75 Å². The van der Waals surface area contributed by atoms with Crippen LogP contribution in [-0.4, -0.2) is 75.5 Å². The van der Waals surface area contributed by atoms with Gasteiger partial charge in [-0.3, -0.25) is 42.7 Å². The van der Waals surface area contributed by atoms with Gasteiger partial charge in [0.1, 0.15) is 24.0 Å². The fraction of sp³-hybridized carbons (Fsp3) is 0.364. The summed E-state index contributed by atoms with van der Waals surface area (Å²) >= 11 is 0.909. The van der Waals surface area contributed by atoms with Gasteiger partial charge in [-0.15, -0.1) is 0 Å². The quantitative estimate of drug-likeness (QED) is 0.171. The van der Waals surface area contributed by atoms with Gasteiger partial charge in [0.15, 0.2) is 5.82 Å². The monoisotopic (exact) mass is 675 g/mol. The third-order valence-electron chi connectivity index (χ3n) is 9.51. The predicted molar refractivity (Wildman–Crippen MR) is 178 cm³/mol. The summed E-state index contributed by atoms with van der Waals surface area (Å²) in [6.07, 6.45) is 2.30. The lowest BCUT2D eigenvalue weighted by atomic mass is 9.89. The largest absolute Gasteiger partial charge is 0.506 e. The fourth-order valence-corrected chi connectivity index (χ4v) is 7.65. The van der Waals surface area contributed by atoms with E-state index in [1.165, 1.54) is 27.1 Å². The number of imide groups is 1. The molecule has 1 atom stereocenters. The number of imidazole rings is 1. The number of carbonyl (C=O) groups excluding carboxylic acids is 4. The Morgan fingerprint density at radius 1 is 1.02 bits per heavy atom. The number of benzene rings is 3. The van der Waals surface area contributed by atoms with Gasteiger partial charge in [0.25, 0.3) is 11.8 Å². The van der Waals surface area contributed by atoms with Crippen molar-refractivity contribution < 1.29 is 28.7 Å². The average molecular weight is 676 g/mol. The summed E-state index contributed by atoms with van der Waals surface area (Å²) < 4.78 is 22.2. The summed E-state index contributed by atoms with van der Waals surface area (Å²) in [6.45, 7) is 2.67. The van der Waals surface area contributed by atoms with Crippen molar-refractivity contribution in [2.75, 3.05) is 37.0 Å². The first kappa shape index (κ1) is 31.7. The lowest BCUT2D eigenvalue weighted by Crippen LogP contribution is -2.44. The van der Waals surface area contributed by atoms with Crippen LogP contribution < -0.4 is 25.4 Å². The smallest absolute Gasteiger partial charge is 0.329 e. The summed E-state index contributed by atoms with van der Waals surface area (Å²) in [5, 5.41) is 16.4. The highest BCUT2D eigenvalue weighted by atomic mass is 32.2. The number of piperidine rings is 2. The summed E-state index contributed by atoms with van der Waals surface area (Å²) in [5.74, 6) is -2.06. The van der Waals surface area contributed by atoms with E-state index in [0.717, 1.165) is 49.1 Å². The third kappa shape index (κ3) is 5.76. The SMILES string of the molecule is Cn1c(=O)n(C2CCC(=O)NC2=O)c2ccc(C3CCN(CCNC(=O)c4ccc5c(F)c(N6CC(=O)NS6)c(O)cc5c4)CC3)cc21. The standard InChI is InChI=1S/C33H34FN7O6S/c1-38-25-15-19(3-5-23(25)41(33(38)47)24-6-7-27(43)36-32(24)46)18-8-11-39(12-9-18)13-10-35-31(45)20-2-4-22-21(14-20)16-26(42)30(29(22)34)40-17-28(44)37-48-40/h2-5,14-16,18,24,42H,6-13,17H2,1H3,(H,35,45)(H,37,44)(H,36,43,46). The van der Waals surface area contributed by atoms with E-state index in [9.17, 15) is 29.1 Å². The van der Waals surface area contributed by atoms with Gasteiger partial charge < -0.3 is 15.3 Å². The number of amides is 4. The van der Waals surface area contributed by atoms with Crippen LogP contribution >= 0.6 is 12.1 Å². The van der Waals surface area contributed by atoms with Crippen molar-refractivity contribution in [2.45, 2.75) is 37.6 Å². The van der Waals surface area contributed by atoms with Crippen molar-refractivity contribution >= 4 is 63.3 Å². The molecule has 3 saturated heterocycles. The van der Waals surface area contributed by atoms with E-state index in [1.807, 2.05) is 18.2 Å². The molecule has 4 aromatic rings. The van der Waals surface area contributed by atoms with E-state index in [4.69, 9.17) is 0 Å². The number of hydrogen-bond acceptors (Lipinski definition) is 9. The maximum Gasteiger partial charge on any atom is 0.329 e. The summed E-state index contributed by atoms with van der Waals surface area (Å²) in [4.78, 5) is 64.0. The van der Waals surface area contributed by atoms with Crippen molar-refractivity contribution in [1.29, 1.82) is 0 Å². The lowest BCUT2D eigenvalue weighted by molar-refractivity contribution is -0.135. The Morgan fingerprint density at radius 3 is 2.54 bits per heavy atom. The van der Waals surface area contributed by atoms with Gasteiger partial charge in [-0.1, -0.05) is 12.1 Å². The minimum absolute atomic E-state index is 0.0816. The van der Waals surface area contributed by atoms with E-state index in [1.54, 1.807) is 17.7 Å². The van der Waals surface area contributed by atoms with E-state index >= 15 is 4.39 Å². The van der Waals surface area contributed by atoms with Crippen LogP contribution in [0, 0.1) is 5.82 Å². The molecule has 13 nitrogen and oxygen atoms in total. The molecule has 0 saturated carbocycles. The van der Waals surface area contributed by atoms with Gasteiger partial charge in [0.2, 0.25) is 11.8 Å². The number of aromatic nitrogens is 2.